The maximum absolute atomic E-state index is 4.48. The van der Waals surface area contributed by atoms with E-state index >= 15 is 0 Å². The van der Waals surface area contributed by atoms with Gasteiger partial charge in [0.15, 0.2) is 0 Å². The summed E-state index contributed by atoms with van der Waals surface area (Å²) in [6.07, 6.45) is 5.11. The van der Waals surface area contributed by atoms with Crippen molar-refractivity contribution < 1.29 is 0 Å². The van der Waals surface area contributed by atoms with Crippen LogP contribution >= 0.6 is 0 Å². The molecular weight excluding hydrogens is 260 g/mol. The van der Waals surface area contributed by atoms with E-state index in [-0.39, 0.29) is 0 Å². The van der Waals surface area contributed by atoms with Gasteiger partial charge in [-0.2, -0.15) is 5.10 Å². The summed E-state index contributed by atoms with van der Waals surface area (Å²) < 4.78 is 1.96. The van der Waals surface area contributed by atoms with Crippen molar-refractivity contribution in [3.8, 4) is 0 Å². The molecule has 0 saturated heterocycles. The second-order valence-electron chi connectivity index (χ2n) is 5.67. The van der Waals surface area contributed by atoms with E-state index in [4.69, 9.17) is 0 Å². The van der Waals surface area contributed by atoms with Crippen molar-refractivity contribution in [2.45, 2.75) is 46.1 Å². The van der Waals surface area contributed by atoms with E-state index in [1.54, 1.807) is 0 Å². The third-order valence-corrected chi connectivity index (χ3v) is 3.76. The third-order valence-electron chi connectivity index (χ3n) is 3.76. The molecule has 1 unspecified atom stereocenters. The molecule has 0 aliphatic carbocycles. The Kier molecular flexibility index (Phi) is 5.51. The SMILES string of the molecule is CCCNC(CCc1ccnn1C)c1cc(C)nc(C)c1. The first-order chi connectivity index (χ1) is 10.1. The Hall–Kier alpha value is -1.68. The summed E-state index contributed by atoms with van der Waals surface area (Å²) in [5.41, 5.74) is 4.80. The Morgan fingerprint density at radius 2 is 1.95 bits per heavy atom. The van der Waals surface area contributed by atoms with E-state index in [0.717, 1.165) is 37.2 Å². The Morgan fingerprint density at radius 3 is 2.52 bits per heavy atom. The molecule has 0 fully saturated rings. The van der Waals surface area contributed by atoms with E-state index in [2.05, 4.69) is 54.4 Å². The zero-order valence-electron chi connectivity index (χ0n) is 13.6. The normalized spacial score (nSPS) is 12.6. The molecule has 4 heteroatoms. The van der Waals surface area contributed by atoms with Gasteiger partial charge in [-0.1, -0.05) is 6.92 Å². The number of nitrogens with one attached hydrogen (secondary N) is 1. The van der Waals surface area contributed by atoms with Crippen molar-refractivity contribution in [3.63, 3.8) is 0 Å². The molecule has 0 saturated carbocycles. The molecule has 0 bridgehead atoms. The Labute approximate surface area is 127 Å². The van der Waals surface area contributed by atoms with Crippen LogP contribution in [0.1, 0.15) is 48.5 Å². The van der Waals surface area contributed by atoms with Crippen LogP contribution in [0.3, 0.4) is 0 Å². The summed E-state index contributed by atoms with van der Waals surface area (Å²) in [6.45, 7) is 7.37. The molecule has 0 aliphatic rings. The first-order valence-corrected chi connectivity index (χ1v) is 7.75. The first kappa shape index (κ1) is 15.7. The van der Waals surface area contributed by atoms with Crippen molar-refractivity contribution in [3.05, 3.63) is 47.0 Å². The molecule has 2 heterocycles. The minimum absolute atomic E-state index is 0.375. The molecule has 0 radical (unpaired) electrons. The fraction of sp³-hybridized carbons (Fsp3) is 0.529. The van der Waals surface area contributed by atoms with Crippen molar-refractivity contribution in [2.24, 2.45) is 7.05 Å². The Balaban J connectivity index is 2.11. The molecule has 0 spiro atoms. The monoisotopic (exact) mass is 286 g/mol. The highest BCUT2D eigenvalue weighted by molar-refractivity contribution is 5.24. The number of pyridine rings is 1. The van der Waals surface area contributed by atoms with Gasteiger partial charge in [0.1, 0.15) is 0 Å². The third kappa shape index (κ3) is 4.39. The van der Waals surface area contributed by atoms with E-state index in [1.807, 2.05) is 17.9 Å². The lowest BCUT2D eigenvalue weighted by Crippen LogP contribution is -2.23. The van der Waals surface area contributed by atoms with E-state index in [1.165, 1.54) is 11.3 Å². The largest absolute Gasteiger partial charge is 0.310 e. The van der Waals surface area contributed by atoms with Crippen molar-refractivity contribution >= 4 is 0 Å². The molecular formula is C17H26N4. The lowest BCUT2D eigenvalue weighted by Gasteiger charge is -2.20. The van der Waals surface area contributed by atoms with Crippen LogP contribution in [0, 0.1) is 13.8 Å². The maximum Gasteiger partial charge on any atom is 0.0492 e. The number of rotatable bonds is 7. The molecule has 21 heavy (non-hydrogen) atoms. The quantitative estimate of drug-likeness (QED) is 0.850. The van der Waals surface area contributed by atoms with Crippen LogP contribution in [0.5, 0.6) is 0 Å². The smallest absolute Gasteiger partial charge is 0.0492 e. The van der Waals surface area contributed by atoms with Gasteiger partial charge in [0.25, 0.3) is 0 Å². The molecule has 0 amide bonds. The molecule has 1 N–H and O–H groups in total. The minimum atomic E-state index is 0.375. The number of aryl methyl sites for hydroxylation is 4. The van der Waals surface area contributed by atoms with E-state index < -0.39 is 0 Å². The highest BCUT2D eigenvalue weighted by atomic mass is 15.2. The summed E-state index contributed by atoms with van der Waals surface area (Å²) in [6, 6.07) is 6.87. The topological polar surface area (TPSA) is 42.7 Å². The van der Waals surface area contributed by atoms with Crippen molar-refractivity contribution in [1.29, 1.82) is 0 Å². The van der Waals surface area contributed by atoms with Crippen LogP contribution < -0.4 is 5.32 Å². The van der Waals surface area contributed by atoms with Crippen LogP contribution in [-0.2, 0) is 13.5 Å². The highest BCUT2D eigenvalue weighted by Crippen LogP contribution is 2.20. The predicted molar refractivity (Wildman–Crippen MR) is 86.3 cm³/mol. The summed E-state index contributed by atoms with van der Waals surface area (Å²) >= 11 is 0. The Bertz CT molecular complexity index is 554. The summed E-state index contributed by atoms with van der Waals surface area (Å²) in [5.74, 6) is 0. The summed E-state index contributed by atoms with van der Waals surface area (Å²) in [5, 5.41) is 7.91. The fourth-order valence-corrected chi connectivity index (χ4v) is 2.71. The number of hydrogen-bond acceptors (Lipinski definition) is 3. The number of aromatic nitrogens is 3. The maximum atomic E-state index is 4.48. The highest BCUT2D eigenvalue weighted by Gasteiger charge is 2.13. The average molecular weight is 286 g/mol. The van der Waals surface area contributed by atoms with Gasteiger partial charge >= 0.3 is 0 Å². The van der Waals surface area contributed by atoms with Crippen LogP contribution in [0.2, 0.25) is 0 Å². The second kappa shape index (κ2) is 7.36. The predicted octanol–water partition coefficient (Wildman–Crippen LogP) is 3.11. The molecule has 114 valence electrons. The van der Waals surface area contributed by atoms with Gasteiger partial charge in [-0.3, -0.25) is 9.67 Å². The number of hydrogen-bond donors (Lipinski definition) is 1. The zero-order chi connectivity index (χ0) is 15.2. The van der Waals surface area contributed by atoms with Gasteiger partial charge in [-0.15, -0.1) is 0 Å². The molecule has 4 nitrogen and oxygen atoms in total. The van der Waals surface area contributed by atoms with Gasteiger partial charge in [-0.05, 0) is 63.4 Å². The lowest BCUT2D eigenvalue weighted by atomic mass is 10.00. The first-order valence-electron chi connectivity index (χ1n) is 7.75. The van der Waals surface area contributed by atoms with E-state index in [9.17, 15) is 0 Å². The van der Waals surface area contributed by atoms with Gasteiger partial charge in [-0.25, -0.2) is 0 Å². The lowest BCUT2D eigenvalue weighted by molar-refractivity contribution is 0.490. The van der Waals surface area contributed by atoms with Gasteiger partial charge < -0.3 is 5.32 Å². The summed E-state index contributed by atoms with van der Waals surface area (Å²) in [7, 11) is 2.00. The molecule has 2 aromatic heterocycles. The molecule has 0 aromatic carbocycles. The zero-order valence-corrected chi connectivity index (χ0v) is 13.6. The molecule has 2 rings (SSSR count). The minimum Gasteiger partial charge on any atom is -0.310 e. The fourth-order valence-electron chi connectivity index (χ4n) is 2.71. The van der Waals surface area contributed by atoms with Gasteiger partial charge in [0.2, 0.25) is 0 Å². The van der Waals surface area contributed by atoms with Crippen molar-refractivity contribution in [2.75, 3.05) is 6.54 Å². The van der Waals surface area contributed by atoms with E-state index in [0.29, 0.717) is 6.04 Å². The average Bonchev–Trinajstić information content (AvgIpc) is 2.83. The number of nitrogens with zero attached hydrogens (tertiary/aromatic N) is 3. The van der Waals surface area contributed by atoms with Crippen molar-refractivity contribution in [1.82, 2.24) is 20.1 Å². The van der Waals surface area contributed by atoms with Crippen LogP contribution in [0.4, 0.5) is 0 Å². The Morgan fingerprint density at radius 1 is 1.24 bits per heavy atom. The van der Waals surface area contributed by atoms with Crippen LogP contribution in [0.15, 0.2) is 24.4 Å². The summed E-state index contributed by atoms with van der Waals surface area (Å²) in [4.78, 5) is 4.48. The second-order valence-corrected chi connectivity index (χ2v) is 5.67. The molecule has 0 aliphatic heterocycles. The van der Waals surface area contributed by atoms with Gasteiger partial charge in [0, 0.05) is 36.4 Å². The van der Waals surface area contributed by atoms with Crippen LogP contribution in [-0.4, -0.2) is 21.3 Å². The molecule has 1 atom stereocenters. The van der Waals surface area contributed by atoms with Crippen LogP contribution in [0.25, 0.3) is 0 Å². The van der Waals surface area contributed by atoms with Gasteiger partial charge in [0.05, 0.1) is 0 Å². The standard InChI is InChI=1S/C17H26N4/c1-5-9-18-17(7-6-16-8-10-19-21(16)4)15-11-13(2)20-14(3)12-15/h8,10-12,17-18H,5-7,9H2,1-4H3. The molecule has 2 aromatic rings.